The molecule has 0 aliphatic heterocycles. The SMILES string of the molecule is COc1ccnc2c(=O)n(-c3nc4ccc(Oc5cncc(Cl)c5)cc4s3)c(=S)oc12. The van der Waals surface area contributed by atoms with Crippen molar-refractivity contribution >= 4 is 56.5 Å². The number of hydrogen-bond donors (Lipinski definition) is 0. The number of pyridine rings is 2. The lowest BCUT2D eigenvalue weighted by Crippen LogP contribution is -2.20. The molecular formula is C20H11ClN4O4S2. The molecule has 0 aliphatic rings. The molecule has 31 heavy (non-hydrogen) atoms. The molecule has 0 N–H and O–H groups in total. The molecule has 11 heteroatoms. The van der Waals surface area contributed by atoms with Crippen LogP contribution in [0.25, 0.3) is 26.4 Å². The van der Waals surface area contributed by atoms with Gasteiger partial charge in [-0.2, -0.15) is 0 Å². The monoisotopic (exact) mass is 470 g/mol. The van der Waals surface area contributed by atoms with Crippen LogP contribution < -0.4 is 15.0 Å². The van der Waals surface area contributed by atoms with Crippen molar-refractivity contribution in [2.45, 2.75) is 0 Å². The second-order valence-corrected chi connectivity index (χ2v) is 8.06. The molecule has 0 atom stereocenters. The number of fused-ring (bicyclic) bond motifs is 2. The summed E-state index contributed by atoms with van der Waals surface area (Å²) in [5.74, 6) is 1.46. The third-order valence-corrected chi connectivity index (χ3v) is 5.80. The van der Waals surface area contributed by atoms with Gasteiger partial charge >= 0.3 is 0 Å². The van der Waals surface area contributed by atoms with Crippen LogP contribution in [0.5, 0.6) is 17.2 Å². The van der Waals surface area contributed by atoms with Crippen LogP contribution in [-0.4, -0.2) is 26.6 Å². The van der Waals surface area contributed by atoms with E-state index in [1.807, 2.05) is 6.07 Å². The van der Waals surface area contributed by atoms with Crippen molar-refractivity contribution in [2.24, 2.45) is 0 Å². The highest BCUT2D eigenvalue weighted by Gasteiger charge is 2.17. The molecule has 5 rings (SSSR count). The summed E-state index contributed by atoms with van der Waals surface area (Å²) in [5, 5.41) is 0.836. The van der Waals surface area contributed by atoms with Gasteiger partial charge in [-0.15, -0.1) is 0 Å². The number of methoxy groups -OCH3 is 1. The average Bonchev–Trinajstić information content (AvgIpc) is 3.16. The van der Waals surface area contributed by atoms with Crippen LogP contribution in [0.3, 0.4) is 0 Å². The Hall–Kier alpha value is -3.34. The van der Waals surface area contributed by atoms with E-state index in [9.17, 15) is 4.79 Å². The Morgan fingerprint density at radius 3 is 2.87 bits per heavy atom. The molecule has 0 fully saturated rings. The summed E-state index contributed by atoms with van der Waals surface area (Å²) in [6.07, 6.45) is 4.56. The molecule has 4 aromatic heterocycles. The molecule has 8 nitrogen and oxygen atoms in total. The van der Waals surface area contributed by atoms with Gasteiger partial charge in [0.1, 0.15) is 11.5 Å². The lowest BCUT2D eigenvalue weighted by atomic mass is 10.3. The highest BCUT2D eigenvalue weighted by Crippen LogP contribution is 2.31. The Bertz CT molecular complexity index is 1580. The maximum Gasteiger partial charge on any atom is 0.290 e. The third-order valence-electron chi connectivity index (χ3n) is 4.32. The van der Waals surface area contributed by atoms with Crippen LogP contribution >= 0.6 is 35.2 Å². The number of aromatic nitrogens is 4. The number of hydrogen-bond acceptors (Lipinski definition) is 9. The van der Waals surface area contributed by atoms with Crippen molar-refractivity contribution < 1.29 is 13.9 Å². The molecule has 0 spiro atoms. The molecule has 0 radical (unpaired) electrons. The van der Waals surface area contributed by atoms with E-state index < -0.39 is 5.56 Å². The fourth-order valence-corrected chi connectivity index (χ4v) is 4.43. The Labute approximate surface area is 188 Å². The predicted octanol–water partition coefficient (Wildman–Crippen LogP) is 5.17. The number of halogens is 1. The number of nitrogens with zero attached hydrogens (tertiary/aromatic N) is 4. The average molecular weight is 471 g/mol. The summed E-state index contributed by atoms with van der Waals surface area (Å²) in [5.41, 5.74) is 0.537. The predicted molar refractivity (Wildman–Crippen MR) is 119 cm³/mol. The lowest BCUT2D eigenvalue weighted by molar-refractivity contribution is 0.404. The van der Waals surface area contributed by atoms with Gasteiger partial charge in [0.15, 0.2) is 11.3 Å². The number of thiazole rings is 1. The van der Waals surface area contributed by atoms with Crippen LogP contribution in [-0.2, 0) is 0 Å². The zero-order chi connectivity index (χ0) is 21.5. The topological polar surface area (TPSA) is 92.3 Å². The van der Waals surface area contributed by atoms with Crippen LogP contribution in [0.1, 0.15) is 0 Å². The fourth-order valence-electron chi connectivity index (χ4n) is 2.97. The van der Waals surface area contributed by atoms with Gasteiger partial charge in [-0.3, -0.25) is 9.78 Å². The maximum absolute atomic E-state index is 13.1. The minimum Gasteiger partial charge on any atom is -0.493 e. The van der Waals surface area contributed by atoms with Gasteiger partial charge in [-0.25, -0.2) is 14.5 Å². The summed E-state index contributed by atoms with van der Waals surface area (Å²) in [6.45, 7) is 0. The van der Waals surface area contributed by atoms with E-state index in [4.69, 9.17) is 37.7 Å². The van der Waals surface area contributed by atoms with E-state index in [2.05, 4.69) is 15.0 Å². The molecule has 0 bridgehead atoms. The number of ether oxygens (including phenoxy) is 2. The Balaban J connectivity index is 1.60. The number of rotatable bonds is 4. The molecule has 4 heterocycles. The van der Waals surface area contributed by atoms with Gasteiger partial charge in [0, 0.05) is 30.6 Å². The molecule has 0 unspecified atom stereocenters. The first-order valence-corrected chi connectivity index (χ1v) is 10.4. The zero-order valence-electron chi connectivity index (χ0n) is 15.7. The normalized spacial score (nSPS) is 11.2. The first-order valence-electron chi connectivity index (χ1n) is 8.82. The quantitative estimate of drug-likeness (QED) is 0.332. The van der Waals surface area contributed by atoms with Crippen LogP contribution in [0.15, 0.2) is 58.1 Å². The van der Waals surface area contributed by atoms with E-state index >= 15 is 0 Å². The van der Waals surface area contributed by atoms with E-state index in [1.54, 1.807) is 30.5 Å². The Kier molecular flexibility index (Phi) is 4.89. The molecule has 0 saturated heterocycles. The lowest BCUT2D eigenvalue weighted by Gasteiger charge is -2.05. The molecule has 1 aromatic carbocycles. The van der Waals surface area contributed by atoms with Crippen molar-refractivity contribution in [3.63, 3.8) is 0 Å². The fraction of sp³-hybridized carbons (Fsp3) is 0.0500. The highest BCUT2D eigenvalue weighted by atomic mass is 35.5. The van der Waals surface area contributed by atoms with Gasteiger partial charge < -0.3 is 13.9 Å². The summed E-state index contributed by atoms with van der Waals surface area (Å²) in [7, 11) is 1.48. The van der Waals surface area contributed by atoms with Gasteiger partial charge in [0.05, 0.1) is 28.5 Å². The summed E-state index contributed by atoms with van der Waals surface area (Å²) in [6, 6.07) is 8.62. The van der Waals surface area contributed by atoms with Crippen molar-refractivity contribution in [1.82, 2.24) is 19.5 Å². The number of benzene rings is 1. The van der Waals surface area contributed by atoms with E-state index in [-0.39, 0.29) is 15.9 Å². The zero-order valence-corrected chi connectivity index (χ0v) is 18.1. The highest BCUT2D eigenvalue weighted by molar-refractivity contribution is 7.71. The minimum absolute atomic E-state index is 0.0515. The van der Waals surface area contributed by atoms with Gasteiger partial charge in [-0.1, -0.05) is 22.9 Å². The van der Waals surface area contributed by atoms with Crippen LogP contribution in [0.4, 0.5) is 0 Å². The largest absolute Gasteiger partial charge is 0.493 e. The maximum atomic E-state index is 13.1. The molecule has 0 aliphatic carbocycles. The van der Waals surface area contributed by atoms with E-state index in [0.717, 1.165) is 4.70 Å². The Morgan fingerprint density at radius 2 is 2.06 bits per heavy atom. The molecule has 5 aromatic rings. The first kappa shape index (κ1) is 19.6. The van der Waals surface area contributed by atoms with Gasteiger partial charge in [-0.05, 0) is 24.4 Å². The first-order chi connectivity index (χ1) is 15.0. The Morgan fingerprint density at radius 1 is 1.19 bits per heavy atom. The van der Waals surface area contributed by atoms with Crippen LogP contribution in [0.2, 0.25) is 5.02 Å². The summed E-state index contributed by atoms with van der Waals surface area (Å²) >= 11 is 12.5. The molecule has 0 amide bonds. The van der Waals surface area contributed by atoms with Crippen molar-refractivity contribution in [3.8, 4) is 22.4 Å². The van der Waals surface area contributed by atoms with Crippen LogP contribution in [0, 0.1) is 4.84 Å². The second-order valence-electron chi connectivity index (χ2n) is 6.27. The summed E-state index contributed by atoms with van der Waals surface area (Å²) < 4.78 is 18.7. The molecular weight excluding hydrogens is 460 g/mol. The van der Waals surface area contributed by atoms with Gasteiger partial charge in [0.25, 0.3) is 10.4 Å². The summed E-state index contributed by atoms with van der Waals surface area (Å²) in [4.78, 5) is 25.7. The second kappa shape index (κ2) is 7.73. The van der Waals surface area contributed by atoms with Crippen molar-refractivity contribution in [1.29, 1.82) is 0 Å². The van der Waals surface area contributed by atoms with Gasteiger partial charge in [0.2, 0.25) is 10.7 Å². The van der Waals surface area contributed by atoms with Crippen molar-refractivity contribution in [3.05, 3.63) is 69.1 Å². The minimum atomic E-state index is -0.439. The van der Waals surface area contributed by atoms with Crippen molar-refractivity contribution in [2.75, 3.05) is 7.11 Å². The molecule has 0 saturated carbocycles. The van der Waals surface area contributed by atoms with E-state index in [0.29, 0.717) is 32.9 Å². The smallest absolute Gasteiger partial charge is 0.290 e. The molecule has 154 valence electrons. The third kappa shape index (κ3) is 3.54. The van der Waals surface area contributed by atoms with E-state index in [1.165, 1.54) is 35.4 Å². The standard InChI is InChI=1S/C20H11ClN4O4S2/c1-27-14-4-5-23-16-17(14)29-20(30)25(18(16)26)19-24-13-3-2-11(7-15(13)31-19)28-12-6-10(21)8-22-9-12/h2-9H,1H3.